The number of hydrogen-bond acceptors (Lipinski definition) is 4. The normalized spacial score (nSPS) is 11.0. The van der Waals surface area contributed by atoms with E-state index in [4.69, 9.17) is 9.84 Å². The molecule has 1 aromatic carbocycles. The molecule has 3 rings (SSSR count). The van der Waals surface area contributed by atoms with Crippen LogP contribution in [0, 0.1) is 6.92 Å². The number of aryl methyl sites for hydroxylation is 1. The topological polar surface area (TPSA) is 63.8 Å². The number of rotatable bonds is 4. The molecule has 0 fully saturated rings. The zero-order valence-corrected chi connectivity index (χ0v) is 12.5. The van der Waals surface area contributed by atoms with Gasteiger partial charge in [0.2, 0.25) is 0 Å². The molecule has 0 aliphatic heterocycles. The molecule has 0 atom stereocenters. The minimum absolute atomic E-state index is 0.0634. The van der Waals surface area contributed by atoms with Gasteiger partial charge in [0.05, 0.1) is 12.3 Å². The predicted octanol–water partition coefficient (Wildman–Crippen LogP) is 3.47. The number of carboxylic acid groups (broad SMARTS) is 1. The summed E-state index contributed by atoms with van der Waals surface area (Å²) < 4.78 is 7.27. The molecule has 0 amide bonds. The average molecular weight is 302 g/mol. The molecule has 3 aromatic rings. The highest BCUT2D eigenvalue weighted by molar-refractivity contribution is 7.17. The summed E-state index contributed by atoms with van der Waals surface area (Å²) in [6, 6.07) is 7.77. The van der Waals surface area contributed by atoms with E-state index in [0.717, 1.165) is 21.9 Å². The number of nitrogens with zero attached hydrogens (tertiary/aromatic N) is 2. The van der Waals surface area contributed by atoms with Crippen LogP contribution in [-0.4, -0.2) is 27.1 Å². The number of benzene rings is 1. The number of imidazole rings is 1. The van der Waals surface area contributed by atoms with E-state index in [1.165, 1.54) is 11.3 Å². The molecule has 0 spiro atoms. The zero-order valence-electron chi connectivity index (χ0n) is 11.7. The first-order valence-corrected chi connectivity index (χ1v) is 7.37. The maximum Gasteiger partial charge on any atom is 0.356 e. The average Bonchev–Trinajstić information content (AvgIpc) is 2.97. The highest BCUT2D eigenvalue weighted by atomic mass is 32.1. The van der Waals surface area contributed by atoms with Gasteiger partial charge in [0, 0.05) is 11.1 Å². The van der Waals surface area contributed by atoms with Crippen LogP contribution in [0.25, 0.3) is 16.2 Å². The number of aromatic nitrogens is 2. The number of thiazole rings is 1. The number of fused-ring (bicyclic) bond motifs is 1. The zero-order chi connectivity index (χ0) is 15.0. The Bertz CT molecular complexity index is 802. The molecule has 5 nitrogen and oxygen atoms in total. The lowest BCUT2D eigenvalue weighted by Gasteiger charge is -2.05. The Labute approximate surface area is 125 Å². The number of ether oxygens (including phenoxy) is 1. The van der Waals surface area contributed by atoms with Gasteiger partial charge in [0.1, 0.15) is 5.75 Å². The molecule has 6 heteroatoms. The highest BCUT2D eigenvalue weighted by Gasteiger charge is 2.16. The van der Waals surface area contributed by atoms with E-state index in [1.807, 2.05) is 42.5 Å². The minimum atomic E-state index is -1.01. The molecule has 0 unspecified atom stereocenters. The fraction of sp³-hybridized carbons (Fsp3) is 0.200. The number of carboxylic acids is 1. The molecule has 1 N–H and O–H groups in total. The van der Waals surface area contributed by atoms with Gasteiger partial charge in [-0.25, -0.2) is 9.78 Å². The van der Waals surface area contributed by atoms with Crippen molar-refractivity contribution >= 4 is 22.3 Å². The lowest BCUT2D eigenvalue weighted by Crippen LogP contribution is -1.95. The summed E-state index contributed by atoms with van der Waals surface area (Å²) in [5, 5.41) is 9.04. The van der Waals surface area contributed by atoms with Gasteiger partial charge in [0.25, 0.3) is 0 Å². The van der Waals surface area contributed by atoms with Crippen molar-refractivity contribution in [1.82, 2.24) is 9.38 Å². The highest BCUT2D eigenvalue weighted by Crippen LogP contribution is 2.32. The fourth-order valence-electron chi connectivity index (χ4n) is 2.27. The largest absolute Gasteiger partial charge is 0.494 e. The second kappa shape index (κ2) is 5.21. The minimum Gasteiger partial charge on any atom is -0.494 e. The van der Waals surface area contributed by atoms with Crippen molar-refractivity contribution in [2.75, 3.05) is 6.61 Å². The lowest BCUT2D eigenvalue weighted by atomic mass is 10.1. The van der Waals surface area contributed by atoms with Crippen LogP contribution in [0.15, 0.2) is 30.5 Å². The molecular weight excluding hydrogens is 288 g/mol. The molecule has 0 saturated heterocycles. The Morgan fingerprint density at radius 2 is 2.10 bits per heavy atom. The van der Waals surface area contributed by atoms with Crippen molar-refractivity contribution in [1.29, 1.82) is 0 Å². The van der Waals surface area contributed by atoms with E-state index < -0.39 is 5.97 Å². The monoisotopic (exact) mass is 302 g/mol. The van der Waals surface area contributed by atoms with Crippen LogP contribution in [0.5, 0.6) is 5.75 Å². The molecule has 0 radical (unpaired) electrons. The van der Waals surface area contributed by atoms with Crippen LogP contribution in [0.2, 0.25) is 0 Å². The van der Waals surface area contributed by atoms with Crippen molar-refractivity contribution in [2.45, 2.75) is 13.8 Å². The van der Waals surface area contributed by atoms with Crippen LogP contribution in [-0.2, 0) is 0 Å². The maximum atomic E-state index is 11.0. The molecule has 0 saturated carbocycles. The molecule has 0 aliphatic carbocycles. The van der Waals surface area contributed by atoms with Gasteiger partial charge in [-0.1, -0.05) is 0 Å². The summed E-state index contributed by atoms with van der Waals surface area (Å²) in [6.45, 7) is 4.58. The Morgan fingerprint density at radius 1 is 1.38 bits per heavy atom. The summed E-state index contributed by atoms with van der Waals surface area (Å²) in [5.41, 5.74) is 2.04. The van der Waals surface area contributed by atoms with Gasteiger partial charge in [-0.05, 0) is 43.7 Å². The van der Waals surface area contributed by atoms with Crippen LogP contribution >= 0.6 is 11.3 Å². The van der Waals surface area contributed by atoms with Gasteiger partial charge < -0.3 is 9.84 Å². The summed E-state index contributed by atoms with van der Waals surface area (Å²) in [7, 11) is 0. The van der Waals surface area contributed by atoms with Crippen molar-refractivity contribution in [2.24, 2.45) is 0 Å². The summed E-state index contributed by atoms with van der Waals surface area (Å²) >= 11 is 1.48. The Hall–Kier alpha value is -2.34. The third-order valence-electron chi connectivity index (χ3n) is 3.15. The van der Waals surface area contributed by atoms with Gasteiger partial charge in [0.15, 0.2) is 10.7 Å². The van der Waals surface area contributed by atoms with E-state index in [-0.39, 0.29) is 5.69 Å². The van der Waals surface area contributed by atoms with Crippen LogP contribution in [0.4, 0.5) is 0 Å². The number of hydrogen-bond donors (Lipinski definition) is 1. The van der Waals surface area contributed by atoms with Crippen LogP contribution in [0.3, 0.4) is 0 Å². The maximum absolute atomic E-state index is 11.0. The molecule has 2 heterocycles. The van der Waals surface area contributed by atoms with Crippen molar-refractivity contribution < 1.29 is 14.6 Å². The summed E-state index contributed by atoms with van der Waals surface area (Å²) in [5.74, 6) is -0.191. The van der Waals surface area contributed by atoms with E-state index in [2.05, 4.69) is 4.98 Å². The molecular formula is C15H14N2O3S. The van der Waals surface area contributed by atoms with Crippen molar-refractivity contribution in [3.8, 4) is 17.0 Å². The third-order valence-corrected chi connectivity index (χ3v) is 4.12. The first-order valence-electron chi connectivity index (χ1n) is 6.55. The summed E-state index contributed by atoms with van der Waals surface area (Å²) in [4.78, 5) is 16.9. The Kier molecular flexibility index (Phi) is 3.39. The van der Waals surface area contributed by atoms with Gasteiger partial charge >= 0.3 is 5.97 Å². The lowest BCUT2D eigenvalue weighted by molar-refractivity contribution is 0.0691. The van der Waals surface area contributed by atoms with Crippen LogP contribution < -0.4 is 4.74 Å². The first kappa shape index (κ1) is 13.6. The molecule has 0 aliphatic rings. The van der Waals surface area contributed by atoms with Crippen molar-refractivity contribution in [3.63, 3.8) is 0 Å². The van der Waals surface area contributed by atoms with Gasteiger partial charge in [-0.3, -0.25) is 4.40 Å². The second-order valence-corrected chi connectivity index (χ2v) is 5.73. The SMILES string of the molecule is CCOc1ccc(-c2c(C)sc3nc(C(=O)O)cn23)cc1. The molecule has 0 bridgehead atoms. The summed E-state index contributed by atoms with van der Waals surface area (Å²) in [6.07, 6.45) is 1.56. The smallest absolute Gasteiger partial charge is 0.356 e. The number of carbonyl (C=O) groups is 1. The van der Waals surface area contributed by atoms with E-state index in [9.17, 15) is 4.79 Å². The molecule has 108 valence electrons. The van der Waals surface area contributed by atoms with Gasteiger partial charge in [-0.15, -0.1) is 11.3 Å². The van der Waals surface area contributed by atoms with Crippen LogP contribution in [0.1, 0.15) is 22.3 Å². The third kappa shape index (κ3) is 2.38. The van der Waals surface area contributed by atoms with Gasteiger partial charge in [-0.2, -0.15) is 0 Å². The fourth-order valence-corrected chi connectivity index (χ4v) is 3.24. The number of aromatic carboxylic acids is 1. The van der Waals surface area contributed by atoms with E-state index in [1.54, 1.807) is 6.20 Å². The van der Waals surface area contributed by atoms with Crippen molar-refractivity contribution in [3.05, 3.63) is 41.0 Å². The molecule has 2 aromatic heterocycles. The second-order valence-electron chi connectivity index (χ2n) is 4.55. The van der Waals surface area contributed by atoms with E-state index in [0.29, 0.717) is 11.6 Å². The predicted molar refractivity (Wildman–Crippen MR) is 81.4 cm³/mol. The quantitative estimate of drug-likeness (QED) is 0.801. The Balaban J connectivity index is 2.09. The Morgan fingerprint density at radius 3 is 2.71 bits per heavy atom. The standard InChI is InChI=1S/C15H14N2O3S/c1-3-20-11-6-4-10(5-7-11)13-9(2)21-15-16-12(14(18)19)8-17(13)15/h4-8H,3H2,1-2H3,(H,18,19). The first-order chi connectivity index (χ1) is 10.1. The molecule has 21 heavy (non-hydrogen) atoms. The van der Waals surface area contributed by atoms with E-state index >= 15 is 0 Å².